The lowest BCUT2D eigenvalue weighted by atomic mass is 9.85. The summed E-state index contributed by atoms with van der Waals surface area (Å²) in [5, 5.41) is 0. The van der Waals surface area contributed by atoms with Gasteiger partial charge in [0.25, 0.3) is 0 Å². The van der Waals surface area contributed by atoms with Crippen molar-refractivity contribution in [3.63, 3.8) is 0 Å². The largest absolute Gasteiger partial charge is 0.491 e. The first kappa shape index (κ1) is 15.5. The van der Waals surface area contributed by atoms with Crippen LogP contribution in [0.5, 0.6) is 5.75 Å². The summed E-state index contributed by atoms with van der Waals surface area (Å²) in [4.78, 5) is 11.2. The van der Waals surface area contributed by atoms with Crippen LogP contribution in [0, 0.1) is 6.92 Å². The van der Waals surface area contributed by atoms with E-state index in [-0.39, 0.29) is 12.0 Å². The molecule has 0 aromatic heterocycles. The van der Waals surface area contributed by atoms with Crippen LogP contribution in [0.25, 0.3) is 0 Å². The van der Waals surface area contributed by atoms with Gasteiger partial charge in [-0.1, -0.05) is 38.5 Å². The summed E-state index contributed by atoms with van der Waals surface area (Å²) in [6.45, 7) is 10.0. The van der Waals surface area contributed by atoms with E-state index in [9.17, 15) is 4.79 Å². The Bertz CT molecular complexity index is 474. The topological polar surface area (TPSA) is 78.3 Å². The zero-order valence-corrected chi connectivity index (χ0v) is 12.4. The molecule has 1 aromatic carbocycles. The molecular formula is C15H24N2O2. The van der Waals surface area contributed by atoms with E-state index in [4.69, 9.17) is 16.2 Å². The molecular weight excluding hydrogens is 240 g/mol. The Morgan fingerprint density at radius 1 is 1.26 bits per heavy atom. The fourth-order valence-electron chi connectivity index (χ4n) is 1.65. The van der Waals surface area contributed by atoms with Crippen LogP contribution in [0.2, 0.25) is 0 Å². The van der Waals surface area contributed by atoms with Crippen LogP contribution < -0.4 is 16.2 Å². The fraction of sp³-hybridized carbons (Fsp3) is 0.533. The molecule has 0 saturated heterocycles. The van der Waals surface area contributed by atoms with Crippen molar-refractivity contribution in [3.05, 3.63) is 29.3 Å². The van der Waals surface area contributed by atoms with Crippen LogP contribution in [0.4, 0.5) is 0 Å². The highest BCUT2D eigenvalue weighted by molar-refractivity contribution is 5.84. The lowest BCUT2D eigenvalue weighted by Gasteiger charge is -2.26. The molecule has 0 fully saturated rings. The maximum absolute atomic E-state index is 11.2. The highest BCUT2D eigenvalue weighted by Gasteiger charge is 2.28. The maximum atomic E-state index is 11.2. The summed E-state index contributed by atoms with van der Waals surface area (Å²) in [6, 6.07) is 5.98. The smallest absolute Gasteiger partial charge is 0.240 e. The summed E-state index contributed by atoms with van der Waals surface area (Å²) in [5.41, 5.74) is 12.1. The Hall–Kier alpha value is -1.55. The number of primary amides is 1. The van der Waals surface area contributed by atoms with Gasteiger partial charge >= 0.3 is 0 Å². The average molecular weight is 264 g/mol. The minimum Gasteiger partial charge on any atom is -0.491 e. The predicted octanol–water partition coefficient (Wildman–Crippen LogP) is 1.87. The molecule has 0 aliphatic carbocycles. The van der Waals surface area contributed by atoms with Crippen LogP contribution in [-0.2, 0) is 10.2 Å². The summed E-state index contributed by atoms with van der Waals surface area (Å²) in [6.07, 6.45) is 0. The average Bonchev–Trinajstić information content (AvgIpc) is 2.26. The Balaban J connectivity index is 3.00. The van der Waals surface area contributed by atoms with Gasteiger partial charge in [0.05, 0.1) is 0 Å². The Morgan fingerprint density at radius 2 is 1.84 bits per heavy atom. The van der Waals surface area contributed by atoms with Crippen molar-refractivity contribution in [2.24, 2.45) is 11.5 Å². The number of amides is 1. The Kier molecular flexibility index (Phi) is 4.25. The lowest BCUT2D eigenvalue weighted by molar-refractivity contribution is -0.123. The van der Waals surface area contributed by atoms with Gasteiger partial charge in [-0.05, 0) is 30.9 Å². The molecule has 106 valence electrons. The summed E-state index contributed by atoms with van der Waals surface area (Å²) >= 11 is 0. The number of nitrogens with two attached hydrogens (primary N) is 2. The van der Waals surface area contributed by atoms with E-state index in [1.54, 1.807) is 6.92 Å². The third-order valence-electron chi connectivity index (χ3n) is 3.03. The molecule has 0 radical (unpaired) electrons. The molecule has 0 bridgehead atoms. The van der Waals surface area contributed by atoms with E-state index in [0.29, 0.717) is 0 Å². The van der Waals surface area contributed by atoms with Gasteiger partial charge in [0.15, 0.2) is 0 Å². The molecule has 4 nitrogen and oxygen atoms in total. The van der Waals surface area contributed by atoms with Crippen LogP contribution in [0.3, 0.4) is 0 Å². The highest BCUT2D eigenvalue weighted by atomic mass is 16.5. The number of benzene rings is 1. The molecule has 4 N–H and O–H groups in total. The van der Waals surface area contributed by atoms with Gasteiger partial charge < -0.3 is 16.2 Å². The van der Waals surface area contributed by atoms with Crippen molar-refractivity contribution >= 4 is 5.91 Å². The van der Waals surface area contributed by atoms with Crippen LogP contribution in [0.1, 0.15) is 38.8 Å². The van der Waals surface area contributed by atoms with Crippen molar-refractivity contribution in [2.75, 3.05) is 6.61 Å². The lowest BCUT2D eigenvalue weighted by Crippen LogP contribution is -2.53. The zero-order valence-electron chi connectivity index (χ0n) is 12.4. The molecule has 1 rings (SSSR count). The SMILES string of the molecule is Cc1ccc(OCC(C)(N)C(N)=O)c(C(C)(C)C)c1. The van der Waals surface area contributed by atoms with Crippen molar-refractivity contribution in [3.8, 4) is 5.75 Å². The van der Waals surface area contributed by atoms with Crippen LogP contribution in [0.15, 0.2) is 18.2 Å². The first-order valence-electron chi connectivity index (χ1n) is 6.37. The minimum atomic E-state index is -1.17. The number of hydrogen-bond donors (Lipinski definition) is 2. The molecule has 0 heterocycles. The quantitative estimate of drug-likeness (QED) is 0.871. The van der Waals surface area contributed by atoms with Crippen molar-refractivity contribution in [1.82, 2.24) is 0 Å². The van der Waals surface area contributed by atoms with Crippen LogP contribution in [-0.4, -0.2) is 18.1 Å². The molecule has 4 heteroatoms. The van der Waals surface area contributed by atoms with E-state index in [1.807, 2.05) is 19.1 Å². The fourth-order valence-corrected chi connectivity index (χ4v) is 1.65. The van der Waals surface area contributed by atoms with Crippen LogP contribution >= 0.6 is 0 Å². The molecule has 0 aliphatic rings. The second-order valence-electron chi connectivity index (χ2n) is 6.32. The number of hydrogen-bond acceptors (Lipinski definition) is 3. The van der Waals surface area contributed by atoms with E-state index in [1.165, 1.54) is 5.56 Å². The Labute approximate surface area is 115 Å². The third-order valence-corrected chi connectivity index (χ3v) is 3.03. The van der Waals surface area contributed by atoms with Gasteiger partial charge in [-0.3, -0.25) is 4.79 Å². The number of rotatable bonds is 4. The maximum Gasteiger partial charge on any atom is 0.240 e. The number of carbonyl (C=O) groups excluding carboxylic acids is 1. The molecule has 0 saturated carbocycles. The standard InChI is InChI=1S/C15H24N2O2/c1-10-6-7-12(11(8-10)14(2,3)4)19-9-15(5,17)13(16)18/h6-8H,9,17H2,1-5H3,(H2,16,18). The Morgan fingerprint density at radius 3 is 2.32 bits per heavy atom. The first-order valence-corrected chi connectivity index (χ1v) is 6.37. The zero-order chi connectivity index (χ0) is 14.8. The number of ether oxygens (including phenoxy) is 1. The monoisotopic (exact) mass is 264 g/mol. The molecule has 1 unspecified atom stereocenters. The van der Waals surface area contributed by atoms with E-state index in [0.717, 1.165) is 11.3 Å². The first-order chi connectivity index (χ1) is 8.54. The molecule has 1 atom stereocenters. The minimum absolute atomic E-state index is 0.0426. The van der Waals surface area contributed by atoms with Gasteiger partial charge in [0.2, 0.25) is 5.91 Å². The molecule has 0 aliphatic heterocycles. The number of carbonyl (C=O) groups is 1. The third kappa shape index (κ3) is 3.96. The molecule has 1 aromatic rings. The summed E-state index contributed by atoms with van der Waals surface area (Å²) in [7, 11) is 0. The highest BCUT2D eigenvalue weighted by Crippen LogP contribution is 2.32. The summed E-state index contributed by atoms with van der Waals surface area (Å²) < 4.78 is 5.72. The van der Waals surface area contributed by atoms with E-state index >= 15 is 0 Å². The van der Waals surface area contributed by atoms with Gasteiger partial charge in [-0.25, -0.2) is 0 Å². The van der Waals surface area contributed by atoms with Gasteiger partial charge in [0, 0.05) is 0 Å². The second kappa shape index (κ2) is 5.21. The van der Waals surface area contributed by atoms with Gasteiger partial charge in [-0.2, -0.15) is 0 Å². The molecule has 1 amide bonds. The second-order valence-corrected chi connectivity index (χ2v) is 6.32. The van der Waals surface area contributed by atoms with Crippen molar-refractivity contribution < 1.29 is 9.53 Å². The van der Waals surface area contributed by atoms with Gasteiger partial charge in [0.1, 0.15) is 17.9 Å². The van der Waals surface area contributed by atoms with Gasteiger partial charge in [-0.15, -0.1) is 0 Å². The molecule has 0 spiro atoms. The van der Waals surface area contributed by atoms with E-state index < -0.39 is 11.4 Å². The summed E-state index contributed by atoms with van der Waals surface area (Å²) in [5.74, 6) is 0.174. The normalized spacial score (nSPS) is 14.8. The number of aryl methyl sites for hydroxylation is 1. The molecule has 19 heavy (non-hydrogen) atoms. The van der Waals surface area contributed by atoms with Crippen molar-refractivity contribution in [1.29, 1.82) is 0 Å². The predicted molar refractivity (Wildman–Crippen MR) is 77.2 cm³/mol. The van der Waals surface area contributed by atoms with E-state index in [2.05, 4.69) is 26.8 Å². The van der Waals surface area contributed by atoms with Crippen molar-refractivity contribution in [2.45, 2.75) is 45.6 Å².